The van der Waals surface area contributed by atoms with Crippen molar-refractivity contribution >= 4 is 29.1 Å². The molecular weight excluding hydrogens is 367 g/mol. The third kappa shape index (κ3) is 5.11. The van der Waals surface area contributed by atoms with Gasteiger partial charge in [0.05, 0.1) is 10.0 Å². The van der Waals surface area contributed by atoms with Crippen LogP contribution in [-0.2, 0) is 11.3 Å². The third-order valence-corrected chi connectivity index (χ3v) is 4.69. The molecule has 2 heterocycles. The second-order valence-electron chi connectivity index (χ2n) is 5.81. The molecule has 2 aromatic rings. The molecule has 1 aliphatic rings. The first-order valence-electron chi connectivity index (χ1n) is 8.01. The van der Waals surface area contributed by atoms with Crippen molar-refractivity contribution in [2.75, 3.05) is 19.8 Å². The van der Waals surface area contributed by atoms with E-state index in [2.05, 4.69) is 10.5 Å². The molecule has 8 heteroatoms. The molecule has 1 fully saturated rings. The second-order valence-corrected chi connectivity index (χ2v) is 6.62. The quantitative estimate of drug-likeness (QED) is 0.821. The fourth-order valence-electron chi connectivity index (χ4n) is 2.49. The maximum atomic E-state index is 12.1. The zero-order valence-electron chi connectivity index (χ0n) is 13.5. The number of benzene rings is 1. The lowest BCUT2D eigenvalue weighted by Gasteiger charge is -2.21. The van der Waals surface area contributed by atoms with Crippen LogP contribution in [0.1, 0.15) is 29.1 Å². The van der Waals surface area contributed by atoms with Crippen LogP contribution in [0.5, 0.6) is 5.75 Å². The summed E-state index contributed by atoms with van der Waals surface area (Å²) in [7, 11) is 0. The number of hydrogen-bond acceptors (Lipinski definition) is 5. The first kappa shape index (κ1) is 18.0. The molecule has 0 atom stereocenters. The maximum Gasteiger partial charge on any atom is 0.273 e. The Kier molecular flexibility index (Phi) is 6.18. The molecule has 6 nitrogen and oxygen atoms in total. The summed E-state index contributed by atoms with van der Waals surface area (Å²) in [6.07, 6.45) is 1.92. The molecule has 0 aliphatic carbocycles. The number of amides is 1. The van der Waals surface area contributed by atoms with Gasteiger partial charge in [0.15, 0.2) is 11.5 Å². The van der Waals surface area contributed by atoms with Crippen molar-refractivity contribution in [3.63, 3.8) is 0 Å². The number of nitrogens with zero attached hydrogens (tertiary/aromatic N) is 1. The van der Waals surface area contributed by atoms with Crippen LogP contribution in [0.25, 0.3) is 0 Å². The van der Waals surface area contributed by atoms with E-state index < -0.39 is 0 Å². The summed E-state index contributed by atoms with van der Waals surface area (Å²) in [5.74, 6) is 1.19. The molecule has 1 aromatic heterocycles. The van der Waals surface area contributed by atoms with E-state index in [-0.39, 0.29) is 18.2 Å². The Labute approximate surface area is 155 Å². The summed E-state index contributed by atoms with van der Waals surface area (Å²) in [5, 5.41) is 7.53. The molecule has 25 heavy (non-hydrogen) atoms. The van der Waals surface area contributed by atoms with Gasteiger partial charge in [-0.3, -0.25) is 4.79 Å². The predicted octanol–water partition coefficient (Wildman–Crippen LogP) is 3.72. The number of carbonyl (C=O) groups excluding carboxylic acids is 1. The van der Waals surface area contributed by atoms with E-state index in [4.69, 9.17) is 37.2 Å². The summed E-state index contributed by atoms with van der Waals surface area (Å²) in [6, 6.07) is 6.53. The minimum Gasteiger partial charge on any atom is -0.485 e. The van der Waals surface area contributed by atoms with Gasteiger partial charge in [-0.25, -0.2) is 0 Å². The Hall–Kier alpha value is -1.76. The van der Waals surface area contributed by atoms with Gasteiger partial charge in [0.25, 0.3) is 5.91 Å². The van der Waals surface area contributed by atoms with Crippen LogP contribution in [0.4, 0.5) is 0 Å². The molecular formula is C17H18Cl2N2O4. The van der Waals surface area contributed by atoms with Gasteiger partial charge in [0.1, 0.15) is 12.4 Å². The summed E-state index contributed by atoms with van der Waals surface area (Å²) in [5.41, 5.74) is 0.236. The van der Waals surface area contributed by atoms with Crippen LogP contribution in [0.3, 0.4) is 0 Å². The zero-order chi connectivity index (χ0) is 17.6. The van der Waals surface area contributed by atoms with Crippen LogP contribution < -0.4 is 10.1 Å². The average molecular weight is 385 g/mol. The van der Waals surface area contributed by atoms with Crippen molar-refractivity contribution in [3.05, 3.63) is 45.8 Å². The molecule has 1 N–H and O–H groups in total. The number of nitrogens with one attached hydrogen (secondary N) is 1. The fraction of sp³-hybridized carbons (Fsp3) is 0.412. The van der Waals surface area contributed by atoms with Crippen LogP contribution in [0.2, 0.25) is 10.0 Å². The van der Waals surface area contributed by atoms with Gasteiger partial charge in [0, 0.05) is 31.9 Å². The zero-order valence-corrected chi connectivity index (χ0v) is 15.0. The van der Waals surface area contributed by atoms with Crippen LogP contribution in [0, 0.1) is 5.92 Å². The Balaban J connectivity index is 1.49. The number of halogens is 2. The topological polar surface area (TPSA) is 73.6 Å². The lowest BCUT2D eigenvalue weighted by Crippen LogP contribution is -2.32. The van der Waals surface area contributed by atoms with E-state index in [1.165, 1.54) is 0 Å². The predicted molar refractivity (Wildman–Crippen MR) is 93.2 cm³/mol. The van der Waals surface area contributed by atoms with E-state index >= 15 is 0 Å². The Morgan fingerprint density at radius 1 is 1.24 bits per heavy atom. The molecule has 0 radical (unpaired) electrons. The molecule has 1 aliphatic heterocycles. The van der Waals surface area contributed by atoms with Gasteiger partial charge in [-0.2, -0.15) is 0 Å². The van der Waals surface area contributed by atoms with Crippen molar-refractivity contribution in [1.82, 2.24) is 10.5 Å². The van der Waals surface area contributed by atoms with Crippen LogP contribution >= 0.6 is 23.2 Å². The van der Waals surface area contributed by atoms with Crippen LogP contribution in [0.15, 0.2) is 28.8 Å². The van der Waals surface area contributed by atoms with E-state index in [9.17, 15) is 4.79 Å². The van der Waals surface area contributed by atoms with Gasteiger partial charge in [0.2, 0.25) is 0 Å². The number of hydrogen-bond donors (Lipinski definition) is 1. The molecule has 0 bridgehead atoms. The minimum atomic E-state index is -0.254. The number of aromatic nitrogens is 1. The number of rotatable bonds is 6. The van der Waals surface area contributed by atoms with Gasteiger partial charge in [-0.05, 0) is 30.9 Å². The van der Waals surface area contributed by atoms with Crippen molar-refractivity contribution in [2.45, 2.75) is 19.4 Å². The molecule has 0 saturated carbocycles. The Bertz CT molecular complexity index is 729. The van der Waals surface area contributed by atoms with Gasteiger partial charge >= 0.3 is 0 Å². The molecule has 1 saturated heterocycles. The standard InChI is InChI=1S/C17H18Cl2N2O4/c18-14-2-1-12(7-15(14)19)24-10-13-8-16(21-25-13)17(22)20-9-11-3-5-23-6-4-11/h1-2,7-8,11H,3-6,9-10H2,(H,20,22). The Morgan fingerprint density at radius 3 is 2.80 bits per heavy atom. The van der Waals surface area contributed by atoms with Crippen LogP contribution in [-0.4, -0.2) is 30.8 Å². The van der Waals surface area contributed by atoms with Gasteiger partial charge < -0.3 is 19.3 Å². The molecule has 1 aromatic carbocycles. The SMILES string of the molecule is O=C(NCC1CCOCC1)c1cc(COc2ccc(Cl)c(Cl)c2)on1. The summed E-state index contributed by atoms with van der Waals surface area (Å²) < 4.78 is 16.0. The highest BCUT2D eigenvalue weighted by Crippen LogP contribution is 2.26. The molecule has 0 unspecified atom stereocenters. The van der Waals surface area contributed by atoms with E-state index in [0.29, 0.717) is 34.0 Å². The lowest BCUT2D eigenvalue weighted by atomic mass is 10.0. The third-order valence-electron chi connectivity index (χ3n) is 3.96. The second kappa shape index (κ2) is 8.56. The minimum absolute atomic E-state index is 0.137. The smallest absolute Gasteiger partial charge is 0.273 e. The van der Waals surface area contributed by atoms with E-state index in [1.54, 1.807) is 24.3 Å². The van der Waals surface area contributed by atoms with Gasteiger partial charge in [-0.1, -0.05) is 28.4 Å². The van der Waals surface area contributed by atoms with Crippen molar-refractivity contribution in [3.8, 4) is 5.75 Å². The normalized spacial score (nSPS) is 15.1. The summed E-state index contributed by atoms with van der Waals surface area (Å²) in [4.78, 5) is 12.1. The fourth-order valence-corrected chi connectivity index (χ4v) is 2.78. The lowest BCUT2D eigenvalue weighted by molar-refractivity contribution is 0.0641. The number of ether oxygens (including phenoxy) is 2. The van der Waals surface area contributed by atoms with Crippen molar-refractivity contribution in [2.24, 2.45) is 5.92 Å². The molecule has 0 spiro atoms. The van der Waals surface area contributed by atoms with E-state index in [1.807, 2.05) is 0 Å². The summed E-state index contributed by atoms with van der Waals surface area (Å²) >= 11 is 11.8. The van der Waals surface area contributed by atoms with Crippen molar-refractivity contribution < 1.29 is 18.8 Å². The van der Waals surface area contributed by atoms with Gasteiger partial charge in [-0.15, -0.1) is 0 Å². The number of carbonyl (C=O) groups is 1. The largest absolute Gasteiger partial charge is 0.485 e. The molecule has 1 amide bonds. The Morgan fingerprint density at radius 2 is 2.04 bits per heavy atom. The van der Waals surface area contributed by atoms with Crippen molar-refractivity contribution in [1.29, 1.82) is 0 Å². The highest BCUT2D eigenvalue weighted by Gasteiger charge is 2.17. The average Bonchev–Trinajstić information content (AvgIpc) is 3.11. The maximum absolute atomic E-state index is 12.1. The highest BCUT2D eigenvalue weighted by molar-refractivity contribution is 6.42. The van der Waals surface area contributed by atoms with E-state index in [0.717, 1.165) is 26.1 Å². The first-order valence-corrected chi connectivity index (χ1v) is 8.77. The monoisotopic (exact) mass is 384 g/mol. The molecule has 3 rings (SSSR count). The molecule has 134 valence electrons. The summed E-state index contributed by atoms with van der Waals surface area (Å²) in [6.45, 7) is 2.25. The highest BCUT2D eigenvalue weighted by atomic mass is 35.5. The first-order chi connectivity index (χ1) is 12.1.